The van der Waals surface area contributed by atoms with E-state index in [4.69, 9.17) is 44.8 Å². The second kappa shape index (κ2) is 11.2. The highest BCUT2D eigenvalue weighted by atomic mass is 35.6. The first-order valence-corrected chi connectivity index (χ1v) is 10.5. The third-order valence-electron chi connectivity index (χ3n) is 4.48. The average molecular weight is 497 g/mol. The number of benzene rings is 2. The zero-order valence-electron chi connectivity index (χ0n) is 17.3. The number of aryl methyl sites for hydroxylation is 1. The summed E-state index contributed by atoms with van der Waals surface area (Å²) in [6.07, 6.45) is -0.871. The molecule has 2 aromatic rings. The first-order valence-electron chi connectivity index (χ1n) is 9.40. The van der Waals surface area contributed by atoms with Gasteiger partial charge in [-0.25, -0.2) is 4.79 Å². The van der Waals surface area contributed by atoms with Gasteiger partial charge in [0.2, 0.25) is 9.70 Å². The number of ether oxygens (including phenoxy) is 1. The minimum absolute atomic E-state index is 0.134. The second-order valence-electron chi connectivity index (χ2n) is 6.83. The van der Waals surface area contributed by atoms with Gasteiger partial charge >= 0.3 is 6.09 Å². The first kappa shape index (κ1) is 25.5. The van der Waals surface area contributed by atoms with E-state index < -0.39 is 34.3 Å². The number of rotatable bonds is 6. The molecule has 32 heavy (non-hydrogen) atoms. The minimum Gasteiger partial charge on any atom is -0.445 e. The molecule has 1 unspecified atom stereocenters. The van der Waals surface area contributed by atoms with Crippen molar-refractivity contribution in [2.75, 3.05) is 13.2 Å². The third-order valence-corrected chi connectivity index (χ3v) is 4.81. The quantitative estimate of drug-likeness (QED) is 0.585. The minimum atomic E-state index is -1.77. The van der Waals surface area contributed by atoms with Crippen LogP contribution in [0.5, 0.6) is 0 Å². The van der Waals surface area contributed by atoms with Crippen molar-refractivity contribution in [1.29, 1.82) is 5.26 Å². The molecule has 1 atom stereocenters. The molecule has 0 aliphatic heterocycles. The Balaban J connectivity index is 2.35. The van der Waals surface area contributed by atoms with Crippen LogP contribution in [0.3, 0.4) is 0 Å². The summed E-state index contributed by atoms with van der Waals surface area (Å²) in [6.45, 7) is 2.48. The van der Waals surface area contributed by atoms with Crippen LogP contribution in [0, 0.1) is 18.3 Å². The molecule has 0 fully saturated rings. The smallest absolute Gasteiger partial charge is 0.407 e. The Hall–Kier alpha value is -2.79. The van der Waals surface area contributed by atoms with Gasteiger partial charge in [0.15, 0.2) is 0 Å². The van der Waals surface area contributed by atoms with Gasteiger partial charge in [-0.1, -0.05) is 59.1 Å². The summed E-state index contributed by atoms with van der Waals surface area (Å²) < 4.78 is 3.09. The molecule has 2 aromatic carbocycles. The molecule has 0 spiro atoms. The number of carbonyl (C=O) groups excluding carboxylic acids is 3. The largest absolute Gasteiger partial charge is 0.445 e. The monoisotopic (exact) mass is 495 g/mol. The molecule has 0 aliphatic rings. The van der Waals surface area contributed by atoms with Crippen molar-refractivity contribution in [3.8, 4) is 6.07 Å². The van der Waals surface area contributed by atoms with Gasteiger partial charge in [-0.15, -0.1) is 0 Å². The summed E-state index contributed by atoms with van der Waals surface area (Å²) in [7, 11) is 0. The number of nitrogens with zero attached hydrogens (tertiary/aromatic N) is 2. The van der Waals surface area contributed by atoms with Gasteiger partial charge in [0.1, 0.15) is 6.61 Å². The number of alkyl carbamates (subject to hydrolysis) is 1. The lowest BCUT2D eigenvalue weighted by molar-refractivity contribution is -0.128. The van der Waals surface area contributed by atoms with Crippen molar-refractivity contribution in [1.82, 2.24) is 10.2 Å². The number of imide groups is 1. The fourth-order valence-electron chi connectivity index (χ4n) is 3.01. The van der Waals surface area contributed by atoms with Crippen molar-refractivity contribution in [2.24, 2.45) is 0 Å². The predicted octanol–water partition coefficient (Wildman–Crippen LogP) is 4.69. The molecule has 0 saturated carbocycles. The fraction of sp³-hybridized carbons (Fsp3) is 0.273. The van der Waals surface area contributed by atoms with Gasteiger partial charge in [-0.05, 0) is 42.3 Å². The van der Waals surface area contributed by atoms with Gasteiger partial charge in [0.25, 0.3) is 5.91 Å². The average Bonchev–Trinajstić information content (AvgIpc) is 2.74. The zero-order valence-corrected chi connectivity index (χ0v) is 19.5. The molecule has 3 amide bonds. The van der Waals surface area contributed by atoms with E-state index in [1.165, 1.54) is 31.2 Å². The molecule has 0 aliphatic carbocycles. The molecule has 2 rings (SSSR count). The number of carbonyl (C=O) groups is 3. The summed E-state index contributed by atoms with van der Waals surface area (Å²) in [5.74, 6) is -1.10. The number of halogens is 3. The Morgan fingerprint density at radius 1 is 1.12 bits per heavy atom. The molecule has 0 aromatic heterocycles. The maximum atomic E-state index is 13.2. The molecule has 168 valence electrons. The highest BCUT2D eigenvalue weighted by Crippen LogP contribution is 2.27. The Morgan fingerprint density at radius 2 is 1.75 bits per heavy atom. The number of alkyl halides is 3. The number of hydrogen-bond acceptors (Lipinski definition) is 5. The Bertz CT molecular complexity index is 1030. The van der Waals surface area contributed by atoms with E-state index in [0.29, 0.717) is 11.1 Å². The van der Waals surface area contributed by atoms with Crippen LogP contribution in [-0.4, -0.2) is 39.8 Å². The second-order valence-corrected chi connectivity index (χ2v) is 9.34. The van der Waals surface area contributed by atoms with Crippen LogP contribution < -0.4 is 5.32 Å². The van der Waals surface area contributed by atoms with Gasteiger partial charge in [0.05, 0.1) is 17.7 Å². The Kier molecular flexibility index (Phi) is 8.90. The molecule has 7 nitrogen and oxygen atoms in total. The van der Waals surface area contributed by atoms with Crippen molar-refractivity contribution in [3.63, 3.8) is 0 Å². The Morgan fingerprint density at radius 3 is 2.28 bits per heavy atom. The van der Waals surface area contributed by atoms with E-state index in [2.05, 4.69) is 5.32 Å². The summed E-state index contributed by atoms with van der Waals surface area (Å²) in [6, 6.07) is 14.2. The lowest BCUT2D eigenvalue weighted by Gasteiger charge is -2.31. The first-order chi connectivity index (χ1) is 15.0. The molecular weight excluding hydrogens is 477 g/mol. The molecular formula is C22H20Cl3N3O4. The summed E-state index contributed by atoms with van der Waals surface area (Å²) in [5.41, 5.74) is 2.07. The highest BCUT2D eigenvalue weighted by molar-refractivity contribution is 6.67. The van der Waals surface area contributed by atoms with E-state index in [-0.39, 0.29) is 12.1 Å². The predicted molar refractivity (Wildman–Crippen MR) is 122 cm³/mol. The van der Waals surface area contributed by atoms with Crippen LogP contribution in [0.1, 0.15) is 40.0 Å². The molecule has 0 saturated heterocycles. The summed E-state index contributed by atoms with van der Waals surface area (Å²) >= 11 is 16.8. The number of amides is 3. The van der Waals surface area contributed by atoms with Crippen LogP contribution in [0.25, 0.3) is 0 Å². The lowest BCUT2D eigenvalue weighted by atomic mass is 9.98. The van der Waals surface area contributed by atoms with E-state index in [1.807, 2.05) is 25.1 Å². The van der Waals surface area contributed by atoms with E-state index in [9.17, 15) is 14.4 Å². The van der Waals surface area contributed by atoms with Crippen molar-refractivity contribution in [3.05, 3.63) is 70.8 Å². The van der Waals surface area contributed by atoms with E-state index in [1.54, 1.807) is 12.1 Å². The normalized spacial score (nSPS) is 11.8. The van der Waals surface area contributed by atoms with Crippen LogP contribution in [0.15, 0.2) is 48.5 Å². The zero-order chi connectivity index (χ0) is 23.9. The van der Waals surface area contributed by atoms with E-state index in [0.717, 1.165) is 10.5 Å². The molecule has 1 N–H and O–H groups in total. The highest BCUT2D eigenvalue weighted by Gasteiger charge is 2.31. The standard InChI is InChI=1S/C22H20Cl3N3O4/c1-14-5-3-4-6-18(14)19(12-27-21(31)32-13-22(23,24)25)28(15(2)29)20(30)17-9-7-16(11-26)8-10-17/h3-10,19H,12-13H2,1-2H3,(H,27,31). The molecule has 0 bridgehead atoms. The SMILES string of the molecule is CC(=O)N(C(=O)c1ccc(C#N)cc1)C(CNC(=O)OCC(Cl)(Cl)Cl)c1ccccc1C. The van der Waals surface area contributed by atoms with Crippen LogP contribution in [0.4, 0.5) is 4.79 Å². The number of nitriles is 1. The van der Waals surface area contributed by atoms with Crippen LogP contribution in [-0.2, 0) is 9.53 Å². The summed E-state index contributed by atoms with van der Waals surface area (Å²) in [4.78, 5) is 38.9. The van der Waals surface area contributed by atoms with Gasteiger partial charge in [0, 0.05) is 19.0 Å². The Labute approximate surface area is 200 Å². The van der Waals surface area contributed by atoms with Crippen molar-refractivity contribution in [2.45, 2.75) is 23.7 Å². The van der Waals surface area contributed by atoms with E-state index >= 15 is 0 Å². The van der Waals surface area contributed by atoms with Gasteiger partial charge in [-0.3, -0.25) is 14.5 Å². The van der Waals surface area contributed by atoms with Gasteiger partial charge in [-0.2, -0.15) is 5.26 Å². The maximum absolute atomic E-state index is 13.2. The lowest BCUT2D eigenvalue weighted by Crippen LogP contribution is -2.44. The summed E-state index contributed by atoms with van der Waals surface area (Å²) in [5, 5.41) is 11.5. The third kappa shape index (κ3) is 7.13. The topological polar surface area (TPSA) is 99.5 Å². The molecule has 0 radical (unpaired) electrons. The van der Waals surface area contributed by atoms with Crippen molar-refractivity contribution < 1.29 is 19.1 Å². The molecule has 10 heteroatoms. The number of hydrogen-bond donors (Lipinski definition) is 1. The van der Waals surface area contributed by atoms with Crippen LogP contribution in [0.2, 0.25) is 0 Å². The van der Waals surface area contributed by atoms with Crippen molar-refractivity contribution >= 4 is 52.7 Å². The maximum Gasteiger partial charge on any atom is 0.407 e. The number of nitrogens with one attached hydrogen (secondary N) is 1. The fourth-order valence-corrected chi connectivity index (χ4v) is 3.17. The van der Waals surface area contributed by atoms with Gasteiger partial charge < -0.3 is 10.1 Å². The van der Waals surface area contributed by atoms with Crippen LogP contribution >= 0.6 is 34.8 Å². The molecule has 0 heterocycles.